The zero-order valence-electron chi connectivity index (χ0n) is 7.51. The normalized spacial score (nSPS) is 10.5. The average molecular weight is 194 g/mol. The highest BCUT2D eigenvalue weighted by atomic mass is 19.2. The molecule has 0 fully saturated rings. The Morgan fingerprint density at radius 3 is 2.64 bits per heavy atom. The van der Waals surface area contributed by atoms with Gasteiger partial charge in [0.25, 0.3) is 0 Å². The van der Waals surface area contributed by atoms with Gasteiger partial charge in [-0.3, -0.25) is 4.98 Å². The van der Waals surface area contributed by atoms with Crippen LogP contribution < -0.4 is 5.32 Å². The van der Waals surface area contributed by atoms with E-state index < -0.39 is 11.6 Å². The largest absolute Gasteiger partial charge is 0.388 e. The summed E-state index contributed by atoms with van der Waals surface area (Å²) >= 11 is 0. The lowest BCUT2D eigenvalue weighted by atomic mass is 10.2. The maximum absolute atomic E-state index is 12.9. The third-order valence-electron chi connectivity index (χ3n) is 2.05. The summed E-state index contributed by atoms with van der Waals surface area (Å²) in [6.07, 6.45) is 1.55. The molecule has 1 N–H and O–H groups in total. The molecule has 0 bridgehead atoms. The first-order chi connectivity index (χ1) is 6.72. The van der Waals surface area contributed by atoms with Gasteiger partial charge in [0.05, 0.1) is 5.52 Å². The number of fused-ring (bicyclic) bond motifs is 1. The second-order valence-electron chi connectivity index (χ2n) is 2.89. The van der Waals surface area contributed by atoms with E-state index in [-0.39, 0.29) is 0 Å². The van der Waals surface area contributed by atoms with Gasteiger partial charge in [0.15, 0.2) is 11.6 Å². The monoisotopic (exact) mass is 194 g/mol. The fraction of sp³-hybridized carbons (Fsp3) is 0.100. The van der Waals surface area contributed by atoms with Crippen LogP contribution in [0, 0.1) is 11.6 Å². The maximum Gasteiger partial charge on any atom is 0.161 e. The molecule has 1 aromatic carbocycles. The van der Waals surface area contributed by atoms with Crippen molar-refractivity contribution in [1.29, 1.82) is 0 Å². The quantitative estimate of drug-likeness (QED) is 0.754. The highest BCUT2D eigenvalue weighted by Gasteiger charge is 2.06. The van der Waals surface area contributed by atoms with Crippen molar-refractivity contribution in [2.45, 2.75) is 0 Å². The molecule has 0 aliphatic rings. The lowest BCUT2D eigenvalue weighted by molar-refractivity contribution is 0.510. The number of anilines is 1. The van der Waals surface area contributed by atoms with Crippen molar-refractivity contribution >= 4 is 16.6 Å². The van der Waals surface area contributed by atoms with Gasteiger partial charge in [0.1, 0.15) is 0 Å². The smallest absolute Gasteiger partial charge is 0.161 e. The van der Waals surface area contributed by atoms with Crippen LogP contribution in [0.4, 0.5) is 14.5 Å². The van der Waals surface area contributed by atoms with Crippen LogP contribution in [0.15, 0.2) is 24.4 Å². The van der Waals surface area contributed by atoms with Crippen molar-refractivity contribution < 1.29 is 8.78 Å². The molecule has 0 unspecified atom stereocenters. The van der Waals surface area contributed by atoms with Crippen LogP contribution in [0.1, 0.15) is 0 Å². The van der Waals surface area contributed by atoms with E-state index in [1.165, 1.54) is 0 Å². The highest BCUT2D eigenvalue weighted by molar-refractivity contribution is 5.90. The van der Waals surface area contributed by atoms with Gasteiger partial charge in [0.2, 0.25) is 0 Å². The second kappa shape index (κ2) is 3.21. The Bertz CT molecular complexity index is 483. The Hall–Kier alpha value is -1.71. The number of halogens is 2. The third-order valence-corrected chi connectivity index (χ3v) is 2.05. The van der Waals surface area contributed by atoms with Gasteiger partial charge in [-0.2, -0.15) is 0 Å². The Kier molecular flexibility index (Phi) is 2.04. The van der Waals surface area contributed by atoms with Crippen molar-refractivity contribution in [2.75, 3.05) is 12.4 Å². The van der Waals surface area contributed by atoms with Crippen LogP contribution >= 0.6 is 0 Å². The number of nitrogens with zero attached hydrogens (tertiary/aromatic N) is 1. The predicted octanol–water partition coefficient (Wildman–Crippen LogP) is 2.55. The minimum absolute atomic E-state index is 0.441. The molecule has 0 aliphatic carbocycles. The van der Waals surface area contributed by atoms with E-state index >= 15 is 0 Å². The number of rotatable bonds is 1. The van der Waals surface area contributed by atoms with Gasteiger partial charge in [-0.25, -0.2) is 8.78 Å². The SMILES string of the molecule is CNc1ccnc2cc(F)c(F)cc12. The van der Waals surface area contributed by atoms with E-state index in [2.05, 4.69) is 10.3 Å². The van der Waals surface area contributed by atoms with Gasteiger partial charge in [-0.05, 0) is 12.1 Å². The fourth-order valence-electron chi connectivity index (χ4n) is 1.36. The highest BCUT2D eigenvalue weighted by Crippen LogP contribution is 2.23. The van der Waals surface area contributed by atoms with Crippen molar-refractivity contribution in [2.24, 2.45) is 0 Å². The number of hydrogen-bond donors (Lipinski definition) is 1. The standard InChI is InChI=1S/C10H8F2N2/c1-13-9-2-3-14-10-5-8(12)7(11)4-6(9)10/h2-5H,1H3,(H,13,14). The molecule has 2 nitrogen and oxygen atoms in total. The molecule has 0 aliphatic heterocycles. The van der Waals surface area contributed by atoms with E-state index in [1.807, 2.05) is 0 Å². The van der Waals surface area contributed by atoms with Crippen molar-refractivity contribution in [3.63, 3.8) is 0 Å². The van der Waals surface area contributed by atoms with E-state index in [9.17, 15) is 8.78 Å². The fourth-order valence-corrected chi connectivity index (χ4v) is 1.36. The Balaban J connectivity index is 2.81. The van der Waals surface area contributed by atoms with Gasteiger partial charge in [-0.15, -0.1) is 0 Å². The Morgan fingerprint density at radius 2 is 1.93 bits per heavy atom. The van der Waals surface area contributed by atoms with Crippen LogP contribution in [0.25, 0.3) is 10.9 Å². The molecule has 0 saturated heterocycles. The zero-order valence-corrected chi connectivity index (χ0v) is 7.51. The first-order valence-electron chi connectivity index (χ1n) is 4.14. The molecule has 0 atom stereocenters. The summed E-state index contributed by atoms with van der Waals surface area (Å²) in [5.74, 6) is -1.74. The summed E-state index contributed by atoms with van der Waals surface area (Å²) in [5, 5.41) is 3.47. The maximum atomic E-state index is 12.9. The molecule has 4 heteroatoms. The molecule has 72 valence electrons. The number of hydrogen-bond acceptors (Lipinski definition) is 2. The predicted molar refractivity (Wildman–Crippen MR) is 51.2 cm³/mol. The van der Waals surface area contributed by atoms with E-state index in [4.69, 9.17) is 0 Å². The summed E-state index contributed by atoms with van der Waals surface area (Å²) in [7, 11) is 1.72. The van der Waals surface area contributed by atoms with Crippen LogP contribution in [-0.2, 0) is 0 Å². The molecule has 2 rings (SSSR count). The minimum Gasteiger partial charge on any atom is -0.388 e. The van der Waals surface area contributed by atoms with E-state index in [0.717, 1.165) is 17.8 Å². The van der Waals surface area contributed by atoms with E-state index in [1.54, 1.807) is 19.3 Å². The second-order valence-corrected chi connectivity index (χ2v) is 2.89. The van der Waals surface area contributed by atoms with Gasteiger partial charge in [-0.1, -0.05) is 0 Å². The average Bonchev–Trinajstić information content (AvgIpc) is 2.19. The van der Waals surface area contributed by atoms with Crippen LogP contribution in [0.5, 0.6) is 0 Å². The Labute approximate surface area is 79.6 Å². The molecular weight excluding hydrogens is 186 g/mol. The molecular formula is C10H8F2N2. The van der Waals surface area contributed by atoms with Crippen LogP contribution in [0.3, 0.4) is 0 Å². The van der Waals surface area contributed by atoms with Crippen LogP contribution in [0.2, 0.25) is 0 Å². The first kappa shape index (κ1) is 8.87. The third kappa shape index (κ3) is 1.28. The number of pyridine rings is 1. The Morgan fingerprint density at radius 1 is 1.21 bits per heavy atom. The summed E-state index contributed by atoms with van der Waals surface area (Å²) in [6, 6.07) is 3.94. The first-order valence-corrected chi connectivity index (χ1v) is 4.14. The van der Waals surface area contributed by atoms with Gasteiger partial charge < -0.3 is 5.32 Å². The van der Waals surface area contributed by atoms with Gasteiger partial charge >= 0.3 is 0 Å². The minimum atomic E-state index is -0.877. The molecule has 0 spiro atoms. The molecule has 0 radical (unpaired) electrons. The molecule has 14 heavy (non-hydrogen) atoms. The molecule has 1 aromatic heterocycles. The topological polar surface area (TPSA) is 24.9 Å². The molecule has 1 heterocycles. The van der Waals surface area contributed by atoms with Crippen LogP contribution in [-0.4, -0.2) is 12.0 Å². The van der Waals surface area contributed by atoms with Crippen molar-refractivity contribution in [1.82, 2.24) is 4.98 Å². The zero-order chi connectivity index (χ0) is 10.1. The summed E-state index contributed by atoms with van der Waals surface area (Å²) in [4.78, 5) is 3.95. The summed E-state index contributed by atoms with van der Waals surface area (Å²) in [6.45, 7) is 0. The number of nitrogens with one attached hydrogen (secondary N) is 1. The molecule has 2 aromatic rings. The lowest BCUT2D eigenvalue weighted by Crippen LogP contribution is -1.93. The summed E-state index contributed by atoms with van der Waals surface area (Å²) in [5.41, 5.74) is 1.17. The molecule has 0 saturated carbocycles. The number of aromatic nitrogens is 1. The summed E-state index contributed by atoms with van der Waals surface area (Å²) < 4.78 is 25.8. The molecule has 0 amide bonds. The lowest BCUT2D eigenvalue weighted by Gasteiger charge is -2.04. The van der Waals surface area contributed by atoms with E-state index in [0.29, 0.717) is 10.9 Å². The van der Waals surface area contributed by atoms with Crippen molar-refractivity contribution in [3.8, 4) is 0 Å². The van der Waals surface area contributed by atoms with Gasteiger partial charge in [0, 0.05) is 30.4 Å². The number of benzene rings is 1. The van der Waals surface area contributed by atoms with Crippen molar-refractivity contribution in [3.05, 3.63) is 36.0 Å².